The molecule has 1 saturated heterocycles. The molecule has 1 aliphatic heterocycles. The van der Waals surface area contributed by atoms with Crippen molar-refractivity contribution in [3.63, 3.8) is 0 Å². The van der Waals surface area contributed by atoms with Gasteiger partial charge in [0, 0.05) is 44.8 Å². The molecule has 1 unspecified atom stereocenters. The Bertz CT molecular complexity index is 174. The van der Waals surface area contributed by atoms with Crippen molar-refractivity contribution in [3.05, 3.63) is 0 Å². The number of piperazine rings is 1. The monoisotopic (exact) mass is 213 g/mol. The minimum atomic E-state index is 0.646. The molecule has 0 radical (unpaired) electrons. The van der Waals surface area contributed by atoms with E-state index in [1.807, 2.05) is 0 Å². The minimum Gasteiger partial charge on any atom is -0.304 e. The Labute approximate surface area is 95.0 Å². The molecule has 0 aliphatic carbocycles. The maximum Gasteiger partial charge on any atom is 0.0194 e. The zero-order chi connectivity index (χ0) is 11.4. The van der Waals surface area contributed by atoms with Gasteiger partial charge in [-0.1, -0.05) is 0 Å². The van der Waals surface area contributed by atoms with Crippen molar-refractivity contribution in [2.24, 2.45) is 0 Å². The molecule has 3 nitrogen and oxygen atoms in total. The number of hydrogen-bond donors (Lipinski definition) is 0. The molecule has 1 atom stereocenters. The number of nitrogens with zero attached hydrogens (tertiary/aromatic N) is 3. The summed E-state index contributed by atoms with van der Waals surface area (Å²) in [7, 11) is 4.44. The molecule has 90 valence electrons. The first-order chi connectivity index (χ1) is 7.00. The highest BCUT2D eigenvalue weighted by Gasteiger charge is 2.19. The summed E-state index contributed by atoms with van der Waals surface area (Å²) in [6, 6.07) is 1.31. The van der Waals surface area contributed by atoms with Gasteiger partial charge in [-0.15, -0.1) is 0 Å². The number of rotatable bonds is 4. The predicted octanol–water partition coefficient (Wildman–Crippen LogP) is 0.963. The van der Waals surface area contributed by atoms with Gasteiger partial charge in [-0.2, -0.15) is 0 Å². The van der Waals surface area contributed by atoms with Gasteiger partial charge in [-0.3, -0.25) is 4.90 Å². The number of likely N-dealkylation sites (N-methyl/N-ethyl adjacent to an activating group) is 2. The first-order valence-corrected chi connectivity index (χ1v) is 6.13. The lowest BCUT2D eigenvalue weighted by Crippen LogP contribution is -2.50. The van der Waals surface area contributed by atoms with Crippen LogP contribution >= 0.6 is 0 Å². The average Bonchev–Trinajstić information content (AvgIpc) is 2.20. The van der Waals surface area contributed by atoms with Gasteiger partial charge in [0.1, 0.15) is 0 Å². The molecule has 0 aromatic rings. The Morgan fingerprint density at radius 3 is 2.07 bits per heavy atom. The Balaban J connectivity index is 2.28. The van der Waals surface area contributed by atoms with Gasteiger partial charge in [-0.05, 0) is 34.9 Å². The Kier molecular flexibility index (Phi) is 5.03. The molecule has 0 saturated carbocycles. The molecule has 0 spiro atoms. The lowest BCUT2D eigenvalue weighted by Gasteiger charge is -2.37. The molecule has 15 heavy (non-hydrogen) atoms. The molecular formula is C12H27N3. The van der Waals surface area contributed by atoms with Crippen molar-refractivity contribution in [2.45, 2.75) is 32.9 Å². The van der Waals surface area contributed by atoms with Crippen molar-refractivity contribution in [1.82, 2.24) is 14.7 Å². The second kappa shape index (κ2) is 5.83. The SMILES string of the molecule is CC(C)N(C)C(C)CN1CCN(C)CC1. The zero-order valence-electron chi connectivity index (χ0n) is 11.0. The van der Waals surface area contributed by atoms with Crippen LogP contribution in [0.1, 0.15) is 20.8 Å². The fraction of sp³-hybridized carbons (Fsp3) is 1.00. The molecule has 1 heterocycles. The smallest absolute Gasteiger partial charge is 0.0194 e. The normalized spacial score (nSPS) is 22.6. The van der Waals surface area contributed by atoms with Gasteiger partial charge >= 0.3 is 0 Å². The summed E-state index contributed by atoms with van der Waals surface area (Å²) in [4.78, 5) is 7.45. The lowest BCUT2D eigenvalue weighted by atomic mass is 10.2. The topological polar surface area (TPSA) is 9.72 Å². The quantitative estimate of drug-likeness (QED) is 0.689. The van der Waals surface area contributed by atoms with Crippen LogP contribution in [0, 0.1) is 0 Å². The molecule has 1 fully saturated rings. The summed E-state index contributed by atoms with van der Waals surface area (Å²) in [5.41, 5.74) is 0. The number of hydrogen-bond acceptors (Lipinski definition) is 3. The van der Waals surface area contributed by atoms with Crippen LogP contribution in [0.25, 0.3) is 0 Å². The van der Waals surface area contributed by atoms with Gasteiger partial charge in [0.05, 0.1) is 0 Å². The van der Waals surface area contributed by atoms with Gasteiger partial charge in [0.25, 0.3) is 0 Å². The Hall–Kier alpha value is -0.120. The second-order valence-electron chi connectivity index (χ2n) is 5.21. The molecule has 3 heteroatoms. The highest BCUT2D eigenvalue weighted by molar-refractivity contribution is 4.75. The Morgan fingerprint density at radius 1 is 1.07 bits per heavy atom. The van der Waals surface area contributed by atoms with Crippen LogP contribution in [0.2, 0.25) is 0 Å². The van der Waals surface area contributed by atoms with Crippen molar-refractivity contribution in [2.75, 3.05) is 46.8 Å². The highest BCUT2D eigenvalue weighted by Crippen LogP contribution is 2.06. The van der Waals surface area contributed by atoms with Gasteiger partial charge in [0.2, 0.25) is 0 Å². The fourth-order valence-corrected chi connectivity index (χ4v) is 2.04. The van der Waals surface area contributed by atoms with Gasteiger partial charge in [0.15, 0.2) is 0 Å². The minimum absolute atomic E-state index is 0.646. The third-order valence-electron chi connectivity index (χ3n) is 3.63. The molecule has 0 aromatic carbocycles. The van der Waals surface area contributed by atoms with Crippen molar-refractivity contribution in [3.8, 4) is 0 Å². The highest BCUT2D eigenvalue weighted by atomic mass is 15.3. The molecule has 1 aliphatic rings. The first kappa shape index (κ1) is 12.9. The predicted molar refractivity (Wildman–Crippen MR) is 66.3 cm³/mol. The second-order valence-corrected chi connectivity index (χ2v) is 5.21. The third-order valence-corrected chi connectivity index (χ3v) is 3.63. The van der Waals surface area contributed by atoms with E-state index in [4.69, 9.17) is 0 Å². The third kappa shape index (κ3) is 4.09. The van der Waals surface area contributed by atoms with E-state index in [0.29, 0.717) is 12.1 Å². The first-order valence-electron chi connectivity index (χ1n) is 6.13. The van der Waals surface area contributed by atoms with E-state index in [-0.39, 0.29) is 0 Å². The fourth-order valence-electron chi connectivity index (χ4n) is 2.04. The van der Waals surface area contributed by atoms with Crippen LogP contribution in [-0.2, 0) is 0 Å². The van der Waals surface area contributed by atoms with E-state index in [9.17, 15) is 0 Å². The van der Waals surface area contributed by atoms with Crippen LogP contribution in [0.3, 0.4) is 0 Å². The largest absolute Gasteiger partial charge is 0.304 e. The van der Waals surface area contributed by atoms with Crippen molar-refractivity contribution in [1.29, 1.82) is 0 Å². The van der Waals surface area contributed by atoms with E-state index >= 15 is 0 Å². The molecule has 0 N–H and O–H groups in total. The summed E-state index contributed by atoms with van der Waals surface area (Å²) in [6.45, 7) is 13.0. The summed E-state index contributed by atoms with van der Waals surface area (Å²) in [5, 5.41) is 0. The Morgan fingerprint density at radius 2 is 1.60 bits per heavy atom. The van der Waals surface area contributed by atoms with Crippen LogP contribution in [-0.4, -0.2) is 73.6 Å². The van der Waals surface area contributed by atoms with Gasteiger partial charge < -0.3 is 9.80 Å². The lowest BCUT2D eigenvalue weighted by molar-refractivity contribution is 0.105. The standard InChI is InChI=1S/C12H27N3/c1-11(2)14(5)12(3)10-15-8-6-13(4)7-9-15/h11-12H,6-10H2,1-5H3. The molecule has 1 rings (SSSR count). The summed E-state index contributed by atoms with van der Waals surface area (Å²) >= 11 is 0. The molecule has 0 bridgehead atoms. The maximum absolute atomic E-state index is 2.59. The maximum atomic E-state index is 2.59. The zero-order valence-corrected chi connectivity index (χ0v) is 11.0. The van der Waals surface area contributed by atoms with Crippen molar-refractivity contribution < 1.29 is 0 Å². The molecular weight excluding hydrogens is 186 g/mol. The van der Waals surface area contributed by atoms with Crippen LogP contribution in [0.5, 0.6) is 0 Å². The molecule has 0 aromatic heterocycles. The van der Waals surface area contributed by atoms with E-state index in [1.54, 1.807) is 0 Å². The summed E-state index contributed by atoms with van der Waals surface area (Å²) in [6.07, 6.45) is 0. The van der Waals surface area contributed by atoms with E-state index in [2.05, 4.69) is 49.6 Å². The molecule has 0 amide bonds. The summed E-state index contributed by atoms with van der Waals surface area (Å²) in [5.74, 6) is 0. The van der Waals surface area contributed by atoms with Crippen molar-refractivity contribution >= 4 is 0 Å². The average molecular weight is 213 g/mol. The van der Waals surface area contributed by atoms with E-state index < -0.39 is 0 Å². The van der Waals surface area contributed by atoms with E-state index in [1.165, 1.54) is 32.7 Å². The van der Waals surface area contributed by atoms with Crippen LogP contribution < -0.4 is 0 Å². The van der Waals surface area contributed by atoms with Crippen LogP contribution in [0.15, 0.2) is 0 Å². The van der Waals surface area contributed by atoms with Crippen LogP contribution in [0.4, 0.5) is 0 Å². The van der Waals surface area contributed by atoms with E-state index in [0.717, 1.165) is 0 Å². The van der Waals surface area contributed by atoms with Gasteiger partial charge in [-0.25, -0.2) is 0 Å². The summed E-state index contributed by atoms with van der Waals surface area (Å²) < 4.78 is 0.